The summed E-state index contributed by atoms with van der Waals surface area (Å²) in [6, 6.07) is 9.95. The molecule has 2 aliphatic heterocycles. The van der Waals surface area contributed by atoms with Crippen LogP contribution in [0.25, 0.3) is 0 Å². The number of nitrogens with one attached hydrogen (secondary N) is 2. The van der Waals surface area contributed by atoms with E-state index in [-0.39, 0.29) is 28.3 Å². The number of aromatic nitrogens is 1. The van der Waals surface area contributed by atoms with Gasteiger partial charge in [-0.2, -0.15) is 4.31 Å². The van der Waals surface area contributed by atoms with E-state index in [1.54, 1.807) is 41.4 Å². The van der Waals surface area contributed by atoms with Crippen LogP contribution in [-0.4, -0.2) is 66.6 Å². The van der Waals surface area contributed by atoms with Crippen LogP contribution in [0.3, 0.4) is 0 Å². The van der Waals surface area contributed by atoms with Crippen molar-refractivity contribution in [2.24, 2.45) is 0 Å². The van der Waals surface area contributed by atoms with Gasteiger partial charge >= 0.3 is 0 Å². The van der Waals surface area contributed by atoms with E-state index in [0.717, 1.165) is 19.3 Å². The second-order valence-corrected chi connectivity index (χ2v) is 9.99. The SMILES string of the molecule is O=C(NC1CCN(C(=O)c2ccccc2S(=O)(=O)N2CCCCC2)CC1)c1ccc[nH]1. The number of rotatable bonds is 5. The molecule has 4 rings (SSSR count). The first-order valence-electron chi connectivity index (χ1n) is 10.8. The fraction of sp³-hybridized carbons (Fsp3) is 0.455. The Labute approximate surface area is 182 Å². The van der Waals surface area contributed by atoms with Crippen molar-refractivity contribution in [2.75, 3.05) is 26.2 Å². The summed E-state index contributed by atoms with van der Waals surface area (Å²) in [5, 5.41) is 2.99. The molecular formula is C22H28N4O4S. The van der Waals surface area contributed by atoms with E-state index in [1.165, 1.54) is 10.4 Å². The van der Waals surface area contributed by atoms with Gasteiger partial charge in [-0.1, -0.05) is 18.6 Å². The molecule has 0 spiro atoms. The van der Waals surface area contributed by atoms with Gasteiger partial charge < -0.3 is 15.2 Å². The molecule has 2 N–H and O–H groups in total. The highest BCUT2D eigenvalue weighted by molar-refractivity contribution is 7.89. The van der Waals surface area contributed by atoms with Crippen LogP contribution in [0, 0.1) is 0 Å². The van der Waals surface area contributed by atoms with Gasteiger partial charge in [-0.05, 0) is 49.9 Å². The molecule has 0 saturated carbocycles. The van der Waals surface area contributed by atoms with Crippen molar-refractivity contribution in [3.63, 3.8) is 0 Å². The van der Waals surface area contributed by atoms with E-state index in [2.05, 4.69) is 10.3 Å². The van der Waals surface area contributed by atoms with E-state index < -0.39 is 10.0 Å². The van der Waals surface area contributed by atoms with Gasteiger partial charge in [0.15, 0.2) is 0 Å². The van der Waals surface area contributed by atoms with Gasteiger partial charge in [-0.3, -0.25) is 9.59 Å². The maximum Gasteiger partial charge on any atom is 0.267 e. The summed E-state index contributed by atoms with van der Waals surface area (Å²) in [7, 11) is -3.70. The van der Waals surface area contributed by atoms with Crippen LogP contribution in [0.4, 0.5) is 0 Å². The molecule has 2 saturated heterocycles. The Morgan fingerprint density at radius 2 is 1.65 bits per heavy atom. The number of benzene rings is 1. The number of aromatic amines is 1. The second kappa shape index (κ2) is 9.23. The molecule has 0 atom stereocenters. The van der Waals surface area contributed by atoms with Crippen molar-refractivity contribution in [1.82, 2.24) is 19.5 Å². The summed E-state index contributed by atoms with van der Waals surface area (Å²) in [5.74, 6) is -0.432. The Morgan fingerprint density at radius 3 is 2.32 bits per heavy atom. The predicted molar refractivity (Wildman–Crippen MR) is 116 cm³/mol. The topological polar surface area (TPSA) is 103 Å². The summed E-state index contributed by atoms with van der Waals surface area (Å²) >= 11 is 0. The van der Waals surface area contributed by atoms with E-state index in [9.17, 15) is 18.0 Å². The number of piperidine rings is 2. The van der Waals surface area contributed by atoms with E-state index in [0.29, 0.717) is 44.7 Å². The molecule has 0 radical (unpaired) electrons. The summed E-state index contributed by atoms with van der Waals surface area (Å²) in [4.78, 5) is 30.1. The Kier molecular flexibility index (Phi) is 6.43. The summed E-state index contributed by atoms with van der Waals surface area (Å²) < 4.78 is 27.9. The molecule has 9 heteroatoms. The monoisotopic (exact) mass is 444 g/mol. The van der Waals surface area contributed by atoms with E-state index in [1.807, 2.05) is 0 Å². The zero-order valence-electron chi connectivity index (χ0n) is 17.4. The van der Waals surface area contributed by atoms with E-state index >= 15 is 0 Å². The molecule has 0 unspecified atom stereocenters. The third-order valence-electron chi connectivity index (χ3n) is 6.01. The number of amides is 2. The predicted octanol–water partition coefficient (Wildman–Crippen LogP) is 2.22. The van der Waals surface area contributed by atoms with Crippen LogP contribution < -0.4 is 5.32 Å². The normalized spacial score (nSPS) is 18.6. The fourth-order valence-electron chi connectivity index (χ4n) is 4.24. The zero-order valence-corrected chi connectivity index (χ0v) is 18.2. The molecule has 0 bridgehead atoms. The summed E-state index contributed by atoms with van der Waals surface area (Å²) in [6.45, 7) is 1.92. The van der Waals surface area contributed by atoms with Gasteiger partial charge in [-0.15, -0.1) is 0 Å². The number of hydrogen-bond donors (Lipinski definition) is 2. The van der Waals surface area contributed by atoms with Crippen molar-refractivity contribution in [1.29, 1.82) is 0 Å². The van der Waals surface area contributed by atoms with Crippen LogP contribution in [-0.2, 0) is 10.0 Å². The number of sulfonamides is 1. The molecule has 2 aliphatic rings. The van der Waals surface area contributed by atoms with Crippen molar-refractivity contribution in [3.8, 4) is 0 Å². The Hall–Kier alpha value is -2.65. The van der Waals surface area contributed by atoms with Crippen molar-refractivity contribution < 1.29 is 18.0 Å². The number of hydrogen-bond acceptors (Lipinski definition) is 4. The lowest BCUT2D eigenvalue weighted by Crippen LogP contribution is -2.47. The first kappa shape index (κ1) is 21.6. The molecule has 3 heterocycles. The molecule has 2 amide bonds. The maximum absolute atomic E-state index is 13.2. The number of H-pyrrole nitrogens is 1. The number of carbonyl (C=O) groups is 2. The molecule has 2 fully saturated rings. The third-order valence-corrected chi connectivity index (χ3v) is 7.97. The van der Waals surface area contributed by atoms with Crippen molar-refractivity contribution in [2.45, 2.75) is 43.0 Å². The molecule has 31 heavy (non-hydrogen) atoms. The minimum atomic E-state index is -3.70. The Balaban J connectivity index is 1.43. The largest absolute Gasteiger partial charge is 0.357 e. The Morgan fingerprint density at radius 1 is 0.935 bits per heavy atom. The first-order valence-corrected chi connectivity index (χ1v) is 12.2. The third kappa shape index (κ3) is 4.67. The minimum absolute atomic E-state index is 0.0211. The standard InChI is InChI=1S/C22H28N4O4S/c27-21(19-8-6-12-23-19)24-17-10-15-25(16-11-17)22(28)18-7-2-3-9-20(18)31(29,30)26-13-4-1-5-14-26/h2-3,6-9,12,17,23H,1,4-5,10-11,13-16H2,(H,24,27). The zero-order chi connectivity index (χ0) is 21.8. The van der Waals surface area contributed by atoms with Crippen LogP contribution in [0.2, 0.25) is 0 Å². The number of nitrogens with zero attached hydrogens (tertiary/aromatic N) is 2. The minimum Gasteiger partial charge on any atom is -0.357 e. The second-order valence-electron chi connectivity index (χ2n) is 8.08. The highest BCUT2D eigenvalue weighted by Gasteiger charge is 2.32. The van der Waals surface area contributed by atoms with Gasteiger partial charge in [0.05, 0.1) is 10.5 Å². The molecular weight excluding hydrogens is 416 g/mol. The highest BCUT2D eigenvalue weighted by atomic mass is 32.2. The van der Waals surface area contributed by atoms with Crippen LogP contribution in [0.5, 0.6) is 0 Å². The van der Waals surface area contributed by atoms with Gasteiger partial charge in [-0.25, -0.2) is 8.42 Å². The molecule has 1 aromatic heterocycles. The van der Waals surface area contributed by atoms with Crippen LogP contribution in [0.15, 0.2) is 47.5 Å². The molecule has 2 aromatic rings. The molecule has 0 aliphatic carbocycles. The lowest BCUT2D eigenvalue weighted by Gasteiger charge is -2.33. The quantitative estimate of drug-likeness (QED) is 0.738. The first-order chi connectivity index (χ1) is 15.0. The Bertz CT molecular complexity index is 1020. The summed E-state index contributed by atoms with van der Waals surface area (Å²) in [6.07, 6.45) is 5.67. The van der Waals surface area contributed by atoms with Gasteiger partial charge in [0.25, 0.3) is 11.8 Å². The molecule has 8 nitrogen and oxygen atoms in total. The van der Waals surface area contributed by atoms with Gasteiger partial charge in [0.2, 0.25) is 10.0 Å². The molecule has 1 aromatic carbocycles. The van der Waals surface area contributed by atoms with Crippen molar-refractivity contribution in [3.05, 3.63) is 53.9 Å². The molecule has 166 valence electrons. The van der Waals surface area contributed by atoms with Gasteiger partial charge in [0, 0.05) is 38.4 Å². The van der Waals surface area contributed by atoms with Crippen LogP contribution >= 0.6 is 0 Å². The van der Waals surface area contributed by atoms with Crippen molar-refractivity contribution >= 4 is 21.8 Å². The van der Waals surface area contributed by atoms with Crippen LogP contribution in [0.1, 0.15) is 53.0 Å². The number of carbonyl (C=O) groups excluding carboxylic acids is 2. The average molecular weight is 445 g/mol. The van der Waals surface area contributed by atoms with E-state index in [4.69, 9.17) is 0 Å². The average Bonchev–Trinajstić information content (AvgIpc) is 3.35. The highest BCUT2D eigenvalue weighted by Crippen LogP contribution is 2.25. The summed E-state index contributed by atoms with van der Waals surface area (Å²) in [5.41, 5.74) is 0.734. The lowest BCUT2D eigenvalue weighted by molar-refractivity contribution is 0.0693. The fourth-order valence-corrected chi connectivity index (χ4v) is 5.95. The number of likely N-dealkylation sites (tertiary alicyclic amines) is 1. The smallest absolute Gasteiger partial charge is 0.267 e. The lowest BCUT2D eigenvalue weighted by atomic mass is 10.0. The maximum atomic E-state index is 13.2. The van der Waals surface area contributed by atoms with Gasteiger partial charge in [0.1, 0.15) is 5.69 Å².